The molecule has 3 heterocycles. The van der Waals surface area contributed by atoms with Crippen molar-refractivity contribution >= 4 is 11.7 Å². The number of anilines is 1. The van der Waals surface area contributed by atoms with E-state index in [2.05, 4.69) is 20.5 Å². The van der Waals surface area contributed by atoms with Crippen LogP contribution in [0.4, 0.5) is 5.82 Å². The molecule has 3 atom stereocenters. The average Bonchev–Trinajstić information content (AvgIpc) is 3.23. The van der Waals surface area contributed by atoms with Crippen LogP contribution in [-0.2, 0) is 9.53 Å². The lowest BCUT2D eigenvalue weighted by atomic mass is 9.94. The van der Waals surface area contributed by atoms with Gasteiger partial charge in [0.25, 0.3) is 0 Å². The molecule has 1 amide bonds. The van der Waals surface area contributed by atoms with E-state index in [0.29, 0.717) is 24.4 Å². The second-order valence-corrected chi connectivity index (χ2v) is 8.10. The molecule has 2 saturated heterocycles. The number of hydrogen-bond acceptors (Lipinski definition) is 6. The van der Waals surface area contributed by atoms with Crippen molar-refractivity contribution in [3.63, 3.8) is 0 Å². The molecular formula is C21H33N5O2. The second-order valence-electron chi connectivity index (χ2n) is 8.10. The lowest BCUT2D eigenvalue weighted by Gasteiger charge is -2.36. The molecule has 154 valence electrons. The Bertz CT molecular complexity index is 614. The summed E-state index contributed by atoms with van der Waals surface area (Å²) in [5.74, 6) is 1.89. The minimum Gasteiger partial charge on any atom is -0.379 e. The Morgan fingerprint density at radius 3 is 2.89 bits per heavy atom. The summed E-state index contributed by atoms with van der Waals surface area (Å²) in [5.41, 5.74) is 0. The van der Waals surface area contributed by atoms with Crippen LogP contribution in [0.5, 0.6) is 0 Å². The maximum atomic E-state index is 12.6. The number of pyridine rings is 1. The number of carbonyl (C=O) groups excluding carboxylic acids is 1. The fourth-order valence-electron chi connectivity index (χ4n) is 4.83. The van der Waals surface area contributed by atoms with Crippen LogP contribution in [0.3, 0.4) is 0 Å². The molecule has 3 unspecified atom stereocenters. The average molecular weight is 388 g/mol. The predicted molar refractivity (Wildman–Crippen MR) is 109 cm³/mol. The summed E-state index contributed by atoms with van der Waals surface area (Å²) in [6, 6.07) is 6.95. The van der Waals surface area contributed by atoms with Gasteiger partial charge in [0.15, 0.2) is 0 Å². The summed E-state index contributed by atoms with van der Waals surface area (Å²) >= 11 is 0. The van der Waals surface area contributed by atoms with Gasteiger partial charge in [0, 0.05) is 64.0 Å². The first kappa shape index (κ1) is 19.6. The van der Waals surface area contributed by atoms with Crippen molar-refractivity contribution in [2.24, 2.45) is 5.92 Å². The van der Waals surface area contributed by atoms with Crippen LogP contribution in [0.25, 0.3) is 0 Å². The van der Waals surface area contributed by atoms with Crippen LogP contribution < -0.4 is 15.5 Å². The Labute approximate surface area is 167 Å². The van der Waals surface area contributed by atoms with E-state index in [-0.39, 0.29) is 5.91 Å². The third-order valence-corrected chi connectivity index (χ3v) is 6.39. The molecule has 2 aliphatic heterocycles. The quantitative estimate of drug-likeness (QED) is 0.755. The number of nitrogens with one attached hydrogen (secondary N) is 2. The number of hydrogen-bond donors (Lipinski definition) is 2. The van der Waals surface area contributed by atoms with Crippen molar-refractivity contribution in [3.05, 3.63) is 24.4 Å². The monoisotopic (exact) mass is 387 g/mol. The molecule has 1 saturated carbocycles. The lowest BCUT2D eigenvalue weighted by Crippen LogP contribution is -2.51. The number of rotatable bonds is 6. The van der Waals surface area contributed by atoms with Gasteiger partial charge < -0.3 is 25.2 Å². The molecule has 4 rings (SSSR count). The summed E-state index contributed by atoms with van der Waals surface area (Å²) in [7, 11) is 0. The summed E-state index contributed by atoms with van der Waals surface area (Å²) in [4.78, 5) is 21.3. The molecule has 0 radical (unpaired) electrons. The highest BCUT2D eigenvalue weighted by atomic mass is 16.5. The minimum absolute atomic E-state index is 0.266. The topological polar surface area (TPSA) is 69.7 Å². The summed E-state index contributed by atoms with van der Waals surface area (Å²) in [6.45, 7) is 6.65. The Hall–Kier alpha value is -1.70. The van der Waals surface area contributed by atoms with E-state index in [1.165, 1.54) is 19.3 Å². The van der Waals surface area contributed by atoms with Crippen molar-refractivity contribution in [2.75, 3.05) is 57.4 Å². The van der Waals surface area contributed by atoms with Crippen molar-refractivity contribution in [1.82, 2.24) is 20.5 Å². The van der Waals surface area contributed by atoms with E-state index >= 15 is 0 Å². The van der Waals surface area contributed by atoms with Gasteiger partial charge in [0.1, 0.15) is 5.82 Å². The molecule has 1 aliphatic carbocycles. The summed E-state index contributed by atoms with van der Waals surface area (Å²) in [6.07, 6.45) is 6.14. The largest absolute Gasteiger partial charge is 0.379 e. The number of morpholine rings is 1. The normalized spacial score (nSPS) is 28.5. The maximum absolute atomic E-state index is 12.6. The zero-order valence-electron chi connectivity index (χ0n) is 16.7. The summed E-state index contributed by atoms with van der Waals surface area (Å²) in [5, 5.41) is 7.28. The highest BCUT2D eigenvalue weighted by Crippen LogP contribution is 2.29. The molecular weight excluding hydrogens is 354 g/mol. The first-order chi connectivity index (χ1) is 13.8. The van der Waals surface area contributed by atoms with Gasteiger partial charge in [-0.15, -0.1) is 0 Å². The zero-order chi connectivity index (χ0) is 19.2. The Morgan fingerprint density at radius 2 is 2.14 bits per heavy atom. The van der Waals surface area contributed by atoms with E-state index in [9.17, 15) is 4.79 Å². The number of amides is 1. The predicted octanol–water partition coefficient (Wildman–Crippen LogP) is 0.867. The van der Waals surface area contributed by atoms with Crippen molar-refractivity contribution < 1.29 is 9.53 Å². The van der Waals surface area contributed by atoms with Gasteiger partial charge >= 0.3 is 0 Å². The van der Waals surface area contributed by atoms with Gasteiger partial charge in [-0.2, -0.15) is 0 Å². The number of piperazine rings is 1. The van der Waals surface area contributed by atoms with E-state index in [0.717, 1.165) is 58.3 Å². The molecule has 1 aromatic rings. The van der Waals surface area contributed by atoms with Crippen molar-refractivity contribution in [2.45, 2.75) is 37.8 Å². The van der Waals surface area contributed by atoms with Crippen LogP contribution >= 0.6 is 0 Å². The van der Waals surface area contributed by atoms with Gasteiger partial charge in [0.2, 0.25) is 5.91 Å². The van der Waals surface area contributed by atoms with Crippen LogP contribution in [0.15, 0.2) is 24.4 Å². The van der Waals surface area contributed by atoms with E-state index in [1.54, 1.807) is 0 Å². The molecule has 28 heavy (non-hydrogen) atoms. The smallest absolute Gasteiger partial charge is 0.223 e. The first-order valence-electron chi connectivity index (χ1n) is 10.8. The van der Waals surface area contributed by atoms with Crippen LogP contribution in [0.2, 0.25) is 0 Å². The Kier molecular flexibility index (Phi) is 6.77. The third-order valence-electron chi connectivity index (χ3n) is 6.39. The lowest BCUT2D eigenvalue weighted by molar-refractivity contribution is -0.131. The van der Waals surface area contributed by atoms with Gasteiger partial charge in [-0.25, -0.2) is 4.98 Å². The number of carbonyl (C=O) groups is 1. The molecule has 3 aliphatic rings. The summed E-state index contributed by atoms with van der Waals surface area (Å²) < 4.78 is 5.65. The molecule has 3 fully saturated rings. The zero-order valence-corrected chi connectivity index (χ0v) is 16.7. The molecule has 0 spiro atoms. The molecule has 7 nitrogen and oxygen atoms in total. The van der Waals surface area contributed by atoms with Crippen molar-refractivity contribution in [1.29, 1.82) is 0 Å². The van der Waals surface area contributed by atoms with Crippen LogP contribution in [0, 0.1) is 5.92 Å². The van der Waals surface area contributed by atoms with Crippen LogP contribution in [0.1, 0.15) is 25.7 Å². The van der Waals surface area contributed by atoms with Crippen molar-refractivity contribution in [3.8, 4) is 0 Å². The fourth-order valence-corrected chi connectivity index (χ4v) is 4.83. The van der Waals surface area contributed by atoms with Gasteiger partial charge in [-0.05, 0) is 30.9 Å². The minimum atomic E-state index is 0.266. The van der Waals surface area contributed by atoms with Crippen LogP contribution in [-0.4, -0.2) is 80.4 Å². The molecule has 1 aromatic heterocycles. The highest BCUT2D eigenvalue weighted by molar-refractivity contribution is 5.76. The van der Waals surface area contributed by atoms with E-state index < -0.39 is 0 Å². The highest BCUT2D eigenvalue weighted by Gasteiger charge is 2.34. The number of ether oxygens (including phenoxy) is 1. The maximum Gasteiger partial charge on any atom is 0.223 e. The molecule has 2 N–H and O–H groups in total. The Morgan fingerprint density at radius 1 is 1.25 bits per heavy atom. The van der Waals surface area contributed by atoms with Gasteiger partial charge in [-0.3, -0.25) is 4.79 Å². The number of aromatic nitrogens is 1. The second kappa shape index (κ2) is 9.67. The SMILES string of the molecule is O=C(CCNC1CCCC1C1COCCN1)N1CCN(c2ccccn2)CC1. The van der Waals surface area contributed by atoms with Gasteiger partial charge in [-0.1, -0.05) is 12.5 Å². The third kappa shape index (κ3) is 4.82. The Balaban J connectivity index is 1.18. The molecule has 0 bridgehead atoms. The first-order valence-corrected chi connectivity index (χ1v) is 10.8. The van der Waals surface area contributed by atoms with E-state index in [1.807, 2.05) is 29.3 Å². The van der Waals surface area contributed by atoms with Gasteiger partial charge in [0.05, 0.1) is 13.2 Å². The molecule has 0 aromatic carbocycles. The number of nitrogens with zero attached hydrogens (tertiary/aromatic N) is 3. The standard InChI is InChI=1S/C21H33N5O2/c27-21(26-13-11-25(12-14-26)20-6-1-2-8-24-20)7-9-22-18-5-3-4-17(18)19-16-28-15-10-23-19/h1-2,6,8,17-19,22-23H,3-5,7,9-16H2. The fraction of sp³-hybridized carbons (Fsp3) is 0.714. The van der Waals surface area contributed by atoms with E-state index in [4.69, 9.17) is 4.74 Å². The molecule has 7 heteroatoms.